The van der Waals surface area contributed by atoms with Crippen molar-refractivity contribution < 1.29 is 9.84 Å². The van der Waals surface area contributed by atoms with Gasteiger partial charge in [-0.25, -0.2) is 19.6 Å². The van der Waals surface area contributed by atoms with Crippen LogP contribution in [0.5, 0.6) is 5.75 Å². The van der Waals surface area contributed by atoms with Crippen LogP contribution in [0.25, 0.3) is 33.2 Å². The summed E-state index contributed by atoms with van der Waals surface area (Å²) in [5.74, 6) is 7.25. The second-order valence-corrected chi connectivity index (χ2v) is 11.6. The van der Waals surface area contributed by atoms with Crippen LogP contribution in [0.3, 0.4) is 0 Å². The largest absolute Gasteiger partial charge is 0.508 e. The summed E-state index contributed by atoms with van der Waals surface area (Å²) in [5.41, 5.74) is 9.62. The number of fused-ring (bicyclic) bond motifs is 2. The monoisotopic (exact) mass is 662 g/mol. The normalized spacial score (nSPS) is 11.2. The number of nitrogen functional groups attached to an aromatic ring is 1. The first-order valence-corrected chi connectivity index (χ1v) is 16.0. The average molecular weight is 663 g/mol. The number of phenolic OH excluding ortho intramolecular Hbond substituents is 1. The van der Waals surface area contributed by atoms with Crippen molar-refractivity contribution in [3.63, 3.8) is 0 Å². The first-order chi connectivity index (χ1) is 23.4. The third-order valence-electron chi connectivity index (χ3n) is 7.93. The first kappa shape index (κ1) is 32.7. The minimum atomic E-state index is -0.235. The lowest BCUT2D eigenvalue weighted by atomic mass is 10.1. The zero-order valence-electron chi connectivity index (χ0n) is 26.5. The predicted molar refractivity (Wildman–Crippen MR) is 188 cm³/mol. The molecule has 0 aliphatic heterocycles. The van der Waals surface area contributed by atoms with Crippen LogP contribution < -0.4 is 16.6 Å². The van der Waals surface area contributed by atoms with Crippen molar-refractivity contribution in [3.8, 4) is 28.8 Å². The van der Waals surface area contributed by atoms with Crippen molar-refractivity contribution >= 4 is 39.4 Å². The Hall–Kier alpha value is -5.28. The Kier molecular flexibility index (Phi) is 10.3. The number of anilines is 1. The number of hydrogen-bond donors (Lipinski definition) is 3. The van der Waals surface area contributed by atoms with Crippen LogP contribution in [0.15, 0.2) is 77.9 Å². The number of nitrogens with two attached hydrogens (primary N) is 1. The Morgan fingerprint density at radius 3 is 2.69 bits per heavy atom. The minimum absolute atomic E-state index is 0.0873. The van der Waals surface area contributed by atoms with Crippen LogP contribution >= 0.6 is 11.6 Å². The third kappa shape index (κ3) is 7.16. The quantitative estimate of drug-likeness (QED) is 0.122. The molecule has 48 heavy (non-hydrogen) atoms. The number of nitrogens with one attached hydrogen (secondary N) is 1. The van der Waals surface area contributed by atoms with Gasteiger partial charge in [-0.2, -0.15) is 5.10 Å². The fourth-order valence-electron chi connectivity index (χ4n) is 5.54. The first-order valence-electron chi connectivity index (χ1n) is 15.7. The zero-order valence-corrected chi connectivity index (χ0v) is 27.2. The predicted octanol–water partition coefficient (Wildman–Crippen LogP) is 5.00. The molecule has 0 saturated carbocycles. The van der Waals surface area contributed by atoms with E-state index in [0.717, 1.165) is 31.5 Å². The highest BCUT2D eigenvalue weighted by Gasteiger charge is 2.21. The molecule has 3 aromatic carbocycles. The molecule has 0 amide bonds. The molecule has 3 aromatic heterocycles. The van der Waals surface area contributed by atoms with Gasteiger partial charge in [0, 0.05) is 36.2 Å². The Balaban J connectivity index is 1.40. The van der Waals surface area contributed by atoms with Crippen molar-refractivity contribution in [2.45, 2.75) is 32.4 Å². The third-order valence-corrected chi connectivity index (χ3v) is 8.30. The second kappa shape index (κ2) is 15.1. The summed E-state index contributed by atoms with van der Waals surface area (Å²) in [6.07, 6.45) is 4.01. The van der Waals surface area contributed by atoms with Crippen molar-refractivity contribution in [2.24, 2.45) is 0 Å². The van der Waals surface area contributed by atoms with Gasteiger partial charge < -0.3 is 20.9 Å². The van der Waals surface area contributed by atoms with Crippen molar-refractivity contribution in [2.75, 3.05) is 32.5 Å². The van der Waals surface area contributed by atoms with Gasteiger partial charge in [0.1, 0.15) is 36.0 Å². The van der Waals surface area contributed by atoms with Gasteiger partial charge in [-0.05, 0) is 55.3 Å². The van der Waals surface area contributed by atoms with Crippen molar-refractivity contribution in [1.29, 1.82) is 0 Å². The minimum Gasteiger partial charge on any atom is -0.508 e. The van der Waals surface area contributed by atoms with Gasteiger partial charge in [0.05, 0.1) is 29.4 Å². The van der Waals surface area contributed by atoms with Crippen LogP contribution in [0, 0.1) is 11.8 Å². The molecule has 0 spiro atoms. The van der Waals surface area contributed by atoms with Gasteiger partial charge in [0.2, 0.25) is 0 Å². The summed E-state index contributed by atoms with van der Waals surface area (Å²) in [6, 6.07) is 19.7. The van der Waals surface area contributed by atoms with Gasteiger partial charge in [-0.15, -0.1) is 0 Å². The number of benzene rings is 3. The van der Waals surface area contributed by atoms with Gasteiger partial charge in [0.15, 0.2) is 5.65 Å². The topological polar surface area (TPSA) is 146 Å². The van der Waals surface area contributed by atoms with Gasteiger partial charge in [-0.1, -0.05) is 59.8 Å². The fraction of sp³-hybridized carbons (Fsp3) is 0.250. The molecular weight excluding hydrogens is 628 g/mol. The van der Waals surface area contributed by atoms with E-state index >= 15 is 0 Å². The highest BCUT2D eigenvalue weighted by atomic mass is 35.5. The lowest BCUT2D eigenvalue weighted by Gasteiger charge is -2.15. The summed E-state index contributed by atoms with van der Waals surface area (Å²) in [6.45, 7) is 2.69. The number of phenols is 1. The number of aromatic nitrogens is 6. The summed E-state index contributed by atoms with van der Waals surface area (Å²) in [5, 5.41) is 19.9. The molecule has 0 aliphatic carbocycles. The van der Waals surface area contributed by atoms with E-state index in [1.54, 1.807) is 40.6 Å². The molecule has 0 unspecified atom stereocenters. The molecule has 0 radical (unpaired) electrons. The van der Waals surface area contributed by atoms with E-state index in [4.69, 9.17) is 32.2 Å². The maximum atomic E-state index is 14.4. The van der Waals surface area contributed by atoms with E-state index in [-0.39, 0.29) is 30.2 Å². The van der Waals surface area contributed by atoms with E-state index in [0.29, 0.717) is 62.6 Å². The standard InChI is InChI=1S/C36H35ClN8O3/c1-48-19-18-39-17-7-3-2-4-10-24-12-9-16-29-31(24)36(47)44(21-26-11-5-6-15-28(26)37)30(42-29)22-45-35-32(34(38)40-23-41-35)33(43-45)25-13-8-14-27(46)20-25/h5-6,8-9,11-16,20,23,39,46H,2-3,7,17-19,21-22H2,1H3,(H2,38,40,41). The van der Waals surface area contributed by atoms with E-state index in [9.17, 15) is 9.90 Å². The highest BCUT2D eigenvalue weighted by molar-refractivity contribution is 6.31. The molecule has 0 atom stereocenters. The SMILES string of the molecule is COCCNCCCCC#Cc1cccc2nc(Cn3nc(-c4cccc(O)c4)c4c(N)ncnc43)n(Cc3ccccc3Cl)c(=O)c12. The molecule has 244 valence electrons. The van der Waals surface area contributed by atoms with Crippen LogP contribution in [0.2, 0.25) is 5.02 Å². The van der Waals surface area contributed by atoms with E-state index < -0.39 is 0 Å². The molecule has 12 heteroatoms. The fourth-order valence-corrected chi connectivity index (χ4v) is 5.74. The molecule has 11 nitrogen and oxygen atoms in total. The molecule has 0 aliphatic rings. The van der Waals surface area contributed by atoms with Gasteiger partial charge in [-0.3, -0.25) is 9.36 Å². The molecule has 6 rings (SSSR count). The number of methoxy groups -OCH3 is 1. The second-order valence-electron chi connectivity index (χ2n) is 11.2. The number of ether oxygens (including phenoxy) is 1. The van der Waals surface area contributed by atoms with Crippen molar-refractivity contribution in [1.82, 2.24) is 34.6 Å². The van der Waals surface area contributed by atoms with Crippen LogP contribution in [-0.4, -0.2) is 61.2 Å². The summed E-state index contributed by atoms with van der Waals surface area (Å²) in [7, 11) is 1.69. The van der Waals surface area contributed by atoms with E-state index in [2.05, 4.69) is 27.1 Å². The Morgan fingerprint density at radius 2 is 1.85 bits per heavy atom. The lowest BCUT2D eigenvalue weighted by Crippen LogP contribution is -2.28. The Morgan fingerprint density at radius 1 is 1.00 bits per heavy atom. The molecule has 0 bridgehead atoms. The van der Waals surface area contributed by atoms with E-state index in [1.165, 1.54) is 6.33 Å². The van der Waals surface area contributed by atoms with Gasteiger partial charge in [0.25, 0.3) is 5.56 Å². The molecule has 4 N–H and O–H groups in total. The van der Waals surface area contributed by atoms with Crippen LogP contribution in [0.4, 0.5) is 5.82 Å². The molecule has 3 heterocycles. The number of aromatic hydroxyl groups is 1. The smallest absolute Gasteiger partial charge is 0.263 e. The number of hydrogen-bond acceptors (Lipinski definition) is 9. The highest BCUT2D eigenvalue weighted by Crippen LogP contribution is 2.32. The number of halogens is 1. The Bertz CT molecular complexity index is 2200. The number of rotatable bonds is 12. The van der Waals surface area contributed by atoms with Crippen LogP contribution in [0.1, 0.15) is 36.2 Å². The van der Waals surface area contributed by atoms with E-state index in [1.807, 2.05) is 42.5 Å². The lowest BCUT2D eigenvalue weighted by molar-refractivity contribution is 0.199. The Labute approximate surface area is 282 Å². The molecule has 0 fully saturated rings. The maximum Gasteiger partial charge on any atom is 0.263 e. The summed E-state index contributed by atoms with van der Waals surface area (Å²) < 4.78 is 8.33. The molecular formula is C36H35ClN8O3. The maximum absolute atomic E-state index is 14.4. The molecule has 6 aromatic rings. The van der Waals surface area contributed by atoms with Crippen LogP contribution in [-0.2, 0) is 17.8 Å². The summed E-state index contributed by atoms with van der Waals surface area (Å²) >= 11 is 6.58. The molecule has 0 saturated heterocycles. The summed E-state index contributed by atoms with van der Waals surface area (Å²) in [4.78, 5) is 28.1. The number of nitrogens with zero attached hydrogens (tertiary/aromatic N) is 6. The zero-order chi connectivity index (χ0) is 33.5. The van der Waals surface area contributed by atoms with Crippen molar-refractivity contribution in [3.05, 3.63) is 105 Å². The number of unbranched alkanes of at least 4 members (excludes halogenated alkanes) is 2. The average Bonchev–Trinajstić information content (AvgIpc) is 3.46. The van der Waals surface area contributed by atoms with Gasteiger partial charge >= 0.3 is 0 Å².